The molecule has 1 aromatic rings. The number of carbonyl (C=O) groups excluding carboxylic acids is 1. The van der Waals surface area contributed by atoms with Crippen LogP contribution in [0.4, 0.5) is 0 Å². The molecule has 0 atom stereocenters. The van der Waals surface area contributed by atoms with Crippen molar-refractivity contribution < 1.29 is 4.79 Å². The smallest absolute Gasteiger partial charge is 0.255 e. The number of piperazine rings is 1. The van der Waals surface area contributed by atoms with Crippen LogP contribution in [-0.4, -0.2) is 48.4 Å². The van der Waals surface area contributed by atoms with E-state index in [1.165, 1.54) is 19.4 Å². The van der Waals surface area contributed by atoms with E-state index in [0.717, 1.165) is 45.2 Å². The van der Waals surface area contributed by atoms with Crippen LogP contribution in [0.5, 0.6) is 0 Å². The zero-order chi connectivity index (χ0) is 13.4. The highest BCUT2D eigenvalue weighted by Gasteiger charge is 2.28. The Kier molecular flexibility index (Phi) is 4.31. The van der Waals surface area contributed by atoms with Crippen molar-refractivity contribution in [2.75, 3.05) is 32.7 Å². The van der Waals surface area contributed by atoms with E-state index in [2.05, 4.69) is 36.8 Å². The highest BCUT2D eigenvalue weighted by atomic mass is 79.9. The highest BCUT2D eigenvalue weighted by Crippen LogP contribution is 2.33. The van der Waals surface area contributed by atoms with Crippen molar-refractivity contribution in [3.05, 3.63) is 19.2 Å². The van der Waals surface area contributed by atoms with Crippen LogP contribution in [0, 0.1) is 5.92 Å². The predicted molar refractivity (Wildman–Crippen MR) is 84.8 cm³/mol. The Balaban J connectivity index is 1.58. The lowest BCUT2D eigenvalue weighted by Crippen LogP contribution is -2.49. The molecule has 2 heterocycles. The molecule has 1 saturated heterocycles. The van der Waals surface area contributed by atoms with E-state index in [1.807, 2.05) is 11.0 Å². The molecule has 2 fully saturated rings. The summed E-state index contributed by atoms with van der Waals surface area (Å²) < 4.78 is 1.92. The molecule has 6 heteroatoms. The van der Waals surface area contributed by atoms with Crippen LogP contribution in [0.25, 0.3) is 0 Å². The second kappa shape index (κ2) is 5.84. The fourth-order valence-electron chi connectivity index (χ4n) is 2.46. The number of hydrogen-bond donors (Lipinski definition) is 0. The number of amides is 1. The first-order valence-corrected chi connectivity index (χ1v) is 9.00. The molecule has 1 aromatic heterocycles. The molecule has 3 rings (SSSR count). The van der Waals surface area contributed by atoms with Gasteiger partial charge in [-0.2, -0.15) is 0 Å². The van der Waals surface area contributed by atoms with Crippen molar-refractivity contribution in [3.8, 4) is 0 Å². The molecule has 1 saturated carbocycles. The predicted octanol–water partition coefficient (Wildman–Crippen LogP) is 3.44. The standard InChI is InChI=1S/C13H16Br2N2OS/c14-11-7-10(12(15)19-11)13(18)17-5-3-16(4-6-17)8-9-1-2-9/h7,9H,1-6,8H2. The normalized spacial score (nSPS) is 20.8. The van der Waals surface area contributed by atoms with Crippen LogP contribution in [0.3, 0.4) is 0 Å². The van der Waals surface area contributed by atoms with E-state index < -0.39 is 0 Å². The number of halogens is 2. The molecule has 104 valence electrons. The Hall–Kier alpha value is 0.0900. The number of thiophene rings is 1. The van der Waals surface area contributed by atoms with Gasteiger partial charge >= 0.3 is 0 Å². The molecule has 0 bridgehead atoms. The fraction of sp³-hybridized carbons (Fsp3) is 0.615. The minimum absolute atomic E-state index is 0.153. The summed E-state index contributed by atoms with van der Waals surface area (Å²) in [7, 11) is 0. The minimum atomic E-state index is 0.153. The van der Waals surface area contributed by atoms with Crippen LogP contribution >= 0.6 is 43.2 Å². The molecular weight excluding hydrogens is 392 g/mol. The minimum Gasteiger partial charge on any atom is -0.336 e. The molecule has 19 heavy (non-hydrogen) atoms. The molecule has 1 amide bonds. The summed E-state index contributed by atoms with van der Waals surface area (Å²) in [6.45, 7) is 4.98. The zero-order valence-electron chi connectivity index (χ0n) is 10.6. The first-order chi connectivity index (χ1) is 9.13. The summed E-state index contributed by atoms with van der Waals surface area (Å²) in [6.07, 6.45) is 2.80. The van der Waals surface area contributed by atoms with E-state index in [9.17, 15) is 4.79 Å². The largest absolute Gasteiger partial charge is 0.336 e. The number of rotatable bonds is 3. The molecule has 1 aliphatic heterocycles. The zero-order valence-corrected chi connectivity index (χ0v) is 14.6. The summed E-state index contributed by atoms with van der Waals surface area (Å²) in [5.41, 5.74) is 0.785. The molecule has 0 aromatic carbocycles. The average molecular weight is 408 g/mol. The Morgan fingerprint density at radius 1 is 1.26 bits per heavy atom. The third kappa shape index (κ3) is 3.40. The fourth-order valence-corrected chi connectivity index (χ4v) is 5.23. The van der Waals surface area contributed by atoms with Crippen LogP contribution in [-0.2, 0) is 0 Å². The van der Waals surface area contributed by atoms with Crippen molar-refractivity contribution in [3.63, 3.8) is 0 Å². The quantitative estimate of drug-likeness (QED) is 0.766. The summed E-state index contributed by atoms with van der Waals surface area (Å²) in [4.78, 5) is 16.9. The molecular formula is C13H16Br2N2OS. The summed E-state index contributed by atoms with van der Waals surface area (Å²) >= 11 is 8.45. The number of hydrogen-bond acceptors (Lipinski definition) is 3. The first kappa shape index (κ1) is 14.0. The SMILES string of the molecule is O=C(c1cc(Br)sc1Br)N1CCN(CC2CC2)CC1. The van der Waals surface area contributed by atoms with Gasteiger partial charge in [-0.1, -0.05) is 0 Å². The van der Waals surface area contributed by atoms with Gasteiger partial charge in [0.05, 0.1) is 13.1 Å². The van der Waals surface area contributed by atoms with Gasteiger partial charge in [-0.25, -0.2) is 0 Å². The van der Waals surface area contributed by atoms with Gasteiger partial charge in [0, 0.05) is 32.7 Å². The van der Waals surface area contributed by atoms with Gasteiger partial charge in [0.2, 0.25) is 0 Å². The first-order valence-electron chi connectivity index (χ1n) is 6.60. The van der Waals surface area contributed by atoms with E-state index in [4.69, 9.17) is 0 Å². The molecule has 1 aliphatic carbocycles. The van der Waals surface area contributed by atoms with Crippen molar-refractivity contribution in [2.24, 2.45) is 5.92 Å². The monoisotopic (exact) mass is 406 g/mol. The Bertz CT molecular complexity index is 479. The Morgan fingerprint density at radius 2 is 1.95 bits per heavy atom. The lowest BCUT2D eigenvalue weighted by molar-refractivity contribution is 0.0631. The molecule has 2 aliphatic rings. The number of nitrogens with zero attached hydrogens (tertiary/aromatic N) is 2. The lowest BCUT2D eigenvalue weighted by Gasteiger charge is -2.34. The second-order valence-electron chi connectivity index (χ2n) is 5.27. The van der Waals surface area contributed by atoms with Gasteiger partial charge in [-0.3, -0.25) is 9.69 Å². The van der Waals surface area contributed by atoms with Crippen molar-refractivity contribution in [2.45, 2.75) is 12.8 Å². The van der Waals surface area contributed by atoms with Gasteiger partial charge in [0.15, 0.2) is 0 Å². The molecule has 0 N–H and O–H groups in total. The molecule has 0 spiro atoms. The van der Waals surface area contributed by atoms with Crippen LogP contribution in [0.2, 0.25) is 0 Å². The van der Waals surface area contributed by atoms with E-state index in [1.54, 1.807) is 11.3 Å². The van der Waals surface area contributed by atoms with Crippen molar-refractivity contribution >= 4 is 49.1 Å². The Labute approximate surface area is 134 Å². The Morgan fingerprint density at radius 3 is 2.47 bits per heavy atom. The van der Waals surface area contributed by atoms with Crippen LogP contribution in [0.15, 0.2) is 13.6 Å². The van der Waals surface area contributed by atoms with Crippen LogP contribution < -0.4 is 0 Å². The molecule has 0 radical (unpaired) electrons. The second-order valence-corrected chi connectivity index (χ2v) is 9.02. The topological polar surface area (TPSA) is 23.6 Å². The number of carbonyl (C=O) groups is 1. The maximum Gasteiger partial charge on any atom is 0.255 e. The van der Waals surface area contributed by atoms with Gasteiger partial charge in [0.1, 0.15) is 0 Å². The van der Waals surface area contributed by atoms with Crippen LogP contribution in [0.1, 0.15) is 23.2 Å². The van der Waals surface area contributed by atoms with Gasteiger partial charge in [-0.15, -0.1) is 11.3 Å². The molecule has 3 nitrogen and oxygen atoms in total. The maximum atomic E-state index is 12.4. The summed E-state index contributed by atoms with van der Waals surface area (Å²) in [6, 6.07) is 1.91. The maximum absolute atomic E-state index is 12.4. The van der Waals surface area contributed by atoms with Crippen molar-refractivity contribution in [1.82, 2.24) is 9.80 Å². The van der Waals surface area contributed by atoms with E-state index >= 15 is 0 Å². The highest BCUT2D eigenvalue weighted by molar-refractivity contribution is 9.12. The van der Waals surface area contributed by atoms with E-state index in [-0.39, 0.29) is 5.91 Å². The third-order valence-corrected chi connectivity index (χ3v) is 6.10. The van der Waals surface area contributed by atoms with Crippen molar-refractivity contribution in [1.29, 1.82) is 0 Å². The van der Waals surface area contributed by atoms with Gasteiger partial charge in [-0.05, 0) is 56.7 Å². The van der Waals surface area contributed by atoms with Gasteiger partial charge in [0.25, 0.3) is 5.91 Å². The van der Waals surface area contributed by atoms with Gasteiger partial charge < -0.3 is 4.90 Å². The average Bonchev–Trinajstić information content (AvgIpc) is 3.13. The van der Waals surface area contributed by atoms with E-state index in [0.29, 0.717) is 0 Å². The summed E-state index contributed by atoms with van der Waals surface area (Å²) in [5, 5.41) is 0. The third-order valence-electron chi connectivity index (χ3n) is 3.76. The molecule has 0 unspecified atom stereocenters. The summed E-state index contributed by atoms with van der Waals surface area (Å²) in [5.74, 6) is 1.09. The lowest BCUT2D eigenvalue weighted by atomic mass is 10.2.